The van der Waals surface area contributed by atoms with Crippen molar-refractivity contribution in [2.45, 2.75) is 0 Å². The zero-order valence-electron chi connectivity index (χ0n) is 12.2. The number of benzene rings is 2. The maximum absolute atomic E-state index is 13.4. The molecule has 0 aliphatic carbocycles. The second-order valence-electron chi connectivity index (χ2n) is 5.20. The first-order valence-electron chi connectivity index (χ1n) is 7.11. The molecule has 24 heavy (non-hydrogen) atoms. The van der Waals surface area contributed by atoms with Gasteiger partial charge >= 0.3 is 0 Å². The van der Waals surface area contributed by atoms with E-state index in [-0.39, 0.29) is 16.9 Å². The number of hydrogen-bond donors (Lipinski definition) is 1. The van der Waals surface area contributed by atoms with Gasteiger partial charge in [-0.25, -0.2) is 9.37 Å². The second-order valence-corrected chi connectivity index (χ2v) is 5.61. The van der Waals surface area contributed by atoms with Crippen LogP contribution in [0.25, 0.3) is 21.9 Å². The summed E-state index contributed by atoms with van der Waals surface area (Å²) < 4.78 is 14.5. The number of H-pyrrole nitrogens is 1. The van der Waals surface area contributed by atoms with Gasteiger partial charge in [-0.2, -0.15) is 9.78 Å². The molecule has 0 saturated carbocycles. The molecule has 0 saturated heterocycles. The molecule has 0 atom stereocenters. The smallest absolute Gasteiger partial charge is 0.298 e. The third-order valence-corrected chi connectivity index (χ3v) is 4.02. The highest BCUT2D eigenvalue weighted by molar-refractivity contribution is 6.33. The largest absolute Gasteiger partial charge is 0.349 e. The zero-order chi connectivity index (χ0) is 16.7. The minimum Gasteiger partial charge on any atom is -0.349 e. The lowest BCUT2D eigenvalue weighted by Gasteiger charge is -1.99. The van der Waals surface area contributed by atoms with Crippen LogP contribution in [0.2, 0.25) is 5.02 Å². The van der Waals surface area contributed by atoms with Crippen molar-refractivity contribution in [1.29, 1.82) is 0 Å². The molecule has 0 radical (unpaired) electrons. The predicted molar refractivity (Wildman–Crippen MR) is 92.3 cm³/mol. The Morgan fingerprint density at radius 1 is 1.25 bits per heavy atom. The lowest BCUT2D eigenvalue weighted by Crippen LogP contribution is -2.17. The van der Waals surface area contributed by atoms with Crippen LogP contribution >= 0.6 is 11.6 Å². The van der Waals surface area contributed by atoms with Gasteiger partial charge in [0.25, 0.3) is 5.56 Å². The Bertz CT molecular complexity index is 1160. The van der Waals surface area contributed by atoms with Crippen LogP contribution in [0.5, 0.6) is 0 Å². The summed E-state index contributed by atoms with van der Waals surface area (Å²) in [5.74, 6) is -0.383. The summed E-state index contributed by atoms with van der Waals surface area (Å²) in [7, 11) is 0. The number of rotatable bonds is 2. The maximum Gasteiger partial charge on any atom is 0.298 e. The van der Waals surface area contributed by atoms with Crippen molar-refractivity contribution in [2.75, 3.05) is 0 Å². The lowest BCUT2D eigenvalue weighted by molar-refractivity contribution is 0.630. The first-order chi connectivity index (χ1) is 11.6. The van der Waals surface area contributed by atoms with Gasteiger partial charge in [0.2, 0.25) is 0 Å². The SMILES string of the molecule is O=c1c2[nH]c3ccc(F)cc3c2ncn1N=Cc1ccccc1Cl. The van der Waals surface area contributed by atoms with Crippen molar-refractivity contribution < 1.29 is 4.39 Å². The van der Waals surface area contributed by atoms with Crippen molar-refractivity contribution in [2.24, 2.45) is 5.10 Å². The van der Waals surface area contributed by atoms with Crippen molar-refractivity contribution in [3.63, 3.8) is 0 Å². The van der Waals surface area contributed by atoms with Gasteiger partial charge in [0.05, 0.1) is 6.21 Å². The number of aromatic nitrogens is 3. The van der Waals surface area contributed by atoms with Crippen molar-refractivity contribution in [1.82, 2.24) is 14.6 Å². The molecule has 2 aromatic heterocycles. The van der Waals surface area contributed by atoms with Crippen molar-refractivity contribution in [3.05, 3.63) is 75.5 Å². The molecule has 0 unspecified atom stereocenters. The van der Waals surface area contributed by atoms with Crippen LogP contribution in [0.1, 0.15) is 5.56 Å². The molecule has 0 spiro atoms. The maximum atomic E-state index is 13.4. The summed E-state index contributed by atoms with van der Waals surface area (Å²) in [5.41, 5.74) is 1.64. The average molecular weight is 341 g/mol. The lowest BCUT2D eigenvalue weighted by atomic mass is 10.2. The number of fused-ring (bicyclic) bond motifs is 3. The fraction of sp³-hybridized carbons (Fsp3) is 0. The van der Waals surface area contributed by atoms with Crippen molar-refractivity contribution >= 4 is 39.8 Å². The summed E-state index contributed by atoms with van der Waals surface area (Å²) >= 11 is 6.06. The summed E-state index contributed by atoms with van der Waals surface area (Å²) in [5, 5.41) is 5.20. The van der Waals surface area contributed by atoms with E-state index in [1.165, 1.54) is 24.7 Å². The van der Waals surface area contributed by atoms with E-state index in [4.69, 9.17) is 11.6 Å². The molecule has 4 rings (SSSR count). The van der Waals surface area contributed by atoms with Crippen molar-refractivity contribution in [3.8, 4) is 0 Å². The molecule has 4 aromatic rings. The molecular weight excluding hydrogens is 331 g/mol. The minimum atomic E-state index is -0.383. The highest BCUT2D eigenvalue weighted by atomic mass is 35.5. The number of hydrogen-bond acceptors (Lipinski definition) is 3. The fourth-order valence-corrected chi connectivity index (χ4v) is 2.69. The Morgan fingerprint density at radius 2 is 2.08 bits per heavy atom. The van der Waals surface area contributed by atoms with E-state index in [2.05, 4.69) is 15.1 Å². The van der Waals surface area contributed by atoms with Crippen LogP contribution < -0.4 is 5.56 Å². The van der Waals surface area contributed by atoms with Crippen LogP contribution in [-0.4, -0.2) is 20.9 Å². The highest BCUT2D eigenvalue weighted by Crippen LogP contribution is 2.22. The normalized spacial score (nSPS) is 11.8. The molecule has 0 aliphatic rings. The molecule has 0 bridgehead atoms. The van der Waals surface area contributed by atoms with E-state index in [1.54, 1.807) is 18.2 Å². The first-order valence-corrected chi connectivity index (χ1v) is 7.49. The molecular formula is C17H10ClFN4O. The summed E-state index contributed by atoms with van der Waals surface area (Å²) in [6, 6.07) is 11.4. The van der Waals surface area contributed by atoms with E-state index in [0.717, 1.165) is 4.68 Å². The highest BCUT2D eigenvalue weighted by Gasteiger charge is 2.11. The Hall–Kier alpha value is -2.99. The molecule has 0 fully saturated rings. The van der Waals surface area contributed by atoms with Gasteiger partial charge in [-0.05, 0) is 24.3 Å². The summed E-state index contributed by atoms with van der Waals surface area (Å²) in [6.07, 6.45) is 2.79. The Balaban J connectivity index is 1.86. The molecule has 118 valence electrons. The average Bonchev–Trinajstić information content (AvgIpc) is 2.94. The quantitative estimate of drug-likeness (QED) is 0.567. The minimum absolute atomic E-state index is 0.273. The summed E-state index contributed by atoms with van der Waals surface area (Å²) in [6.45, 7) is 0. The monoisotopic (exact) mass is 340 g/mol. The zero-order valence-corrected chi connectivity index (χ0v) is 13.0. The summed E-state index contributed by atoms with van der Waals surface area (Å²) in [4.78, 5) is 19.7. The number of halogens is 2. The Labute approximate surface area is 140 Å². The van der Waals surface area contributed by atoms with Crippen LogP contribution in [0.4, 0.5) is 4.39 Å². The topological polar surface area (TPSA) is 63.0 Å². The van der Waals surface area contributed by atoms with E-state index in [1.807, 2.05) is 12.1 Å². The van der Waals surface area contributed by atoms with Crippen LogP contribution in [0, 0.1) is 5.82 Å². The van der Waals surface area contributed by atoms with E-state index >= 15 is 0 Å². The molecule has 2 aromatic carbocycles. The van der Waals surface area contributed by atoms with E-state index in [9.17, 15) is 9.18 Å². The fourth-order valence-electron chi connectivity index (χ4n) is 2.50. The van der Waals surface area contributed by atoms with Gasteiger partial charge in [-0.1, -0.05) is 29.8 Å². The number of nitrogens with one attached hydrogen (secondary N) is 1. The molecule has 0 aliphatic heterocycles. The van der Waals surface area contributed by atoms with Gasteiger partial charge in [0.1, 0.15) is 23.2 Å². The Kier molecular flexibility index (Phi) is 3.39. The molecule has 1 N–H and O–H groups in total. The van der Waals surface area contributed by atoms with Gasteiger partial charge in [0, 0.05) is 21.5 Å². The third-order valence-electron chi connectivity index (χ3n) is 3.68. The van der Waals surface area contributed by atoms with Gasteiger partial charge in [-0.3, -0.25) is 4.79 Å². The first kappa shape index (κ1) is 14.6. The standard InChI is InChI=1S/C17H10ClFN4O/c18-13-4-2-1-3-10(13)8-21-23-9-20-15-12-7-11(19)5-6-14(12)22-16(15)17(23)24/h1-9,22H. The van der Waals surface area contributed by atoms with Gasteiger partial charge in [0.15, 0.2) is 0 Å². The number of nitrogens with zero attached hydrogens (tertiary/aromatic N) is 3. The molecule has 7 heteroatoms. The van der Waals surface area contributed by atoms with Crippen LogP contribution in [0.15, 0.2) is 58.7 Å². The predicted octanol–water partition coefficient (Wildman–Crippen LogP) is 3.55. The third kappa shape index (κ3) is 2.37. The van der Waals surface area contributed by atoms with E-state index < -0.39 is 0 Å². The van der Waals surface area contributed by atoms with Crippen LogP contribution in [0.3, 0.4) is 0 Å². The van der Waals surface area contributed by atoms with Crippen LogP contribution in [-0.2, 0) is 0 Å². The molecule has 0 amide bonds. The van der Waals surface area contributed by atoms with Gasteiger partial charge < -0.3 is 4.98 Å². The second kappa shape index (κ2) is 5.58. The molecule has 5 nitrogen and oxygen atoms in total. The van der Waals surface area contributed by atoms with E-state index in [0.29, 0.717) is 27.0 Å². The number of aromatic amines is 1. The Morgan fingerprint density at radius 3 is 2.92 bits per heavy atom. The molecule has 2 heterocycles. The van der Waals surface area contributed by atoms with Gasteiger partial charge in [-0.15, -0.1) is 0 Å².